The predicted octanol–water partition coefficient (Wildman–Crippen LogP) is 4.52. The van der Waals surface area contributed by atoms with Gasteiger partial charge in [0, 0.05) is 23.3 Å². The van der Waals surface area contributed by atoms with Crippen LogP contribution in [0, 0.1) is 5.82 Å². The third kappa shape index (κ3) is 4.06. The van der Waals surface area contributed by atoms with Crippen LogP contribution in [-0.2, 0) is 0 Å². The molecule has 1 heterocycles. The van der Waals surface area contributed by atoms with Crippen molar-refractivity contribution in [3.05, 3.63) is 66.7 Å². The number of anilines is 1. The van der Waals surface area contributed by atoms with E-state index in [9.17, 15) is 0 Å². The van der Waals surface area contributed by atoms with Gasteiger partial charge in [0.25, 0.3) is 0 Å². The van der Waals surface area contributed by atoms with E-state index in [-0.39, 0.29) is 18.0 Å². The van der Waals surface area contributed by atoms with Crippen molar-refractivity contribution in [1.29, 1.82) is 0 Å². The number of hydrogen-bond acceptors (Lipinski definition) is 4. The van der Waals surface area contributed by atoms with Gasteiger partial charge in [0.2, 0.25) is 0 Å². The smallest absolute Gasteiger partial charge is 0.144 e. The molecule has 0 atom stereocenters. The van der Waals surface area contributed by atoms with Gasteiger partial charge in [0.15, 0.2) is 0 Å². The van der Waals surface area contributed by atoms with Gasteiger partial charge in [0.05, 0.1) is 18.1 Å². The maximum absolute atomic E-state index is 15.0. The Morgan fingerprint density at radius 1 is 0.962 bits per heavy atom. The molecule has 0 amide bonds. The molecule has 5 heteroatoms. The molecule has 26 heavy (non-hydrogen) atoms. The molecule has 0 saturated carbocycles. The van der Waals surface area contributed by atoms with Crippen LogP contribution in [0.25, 0.3) is 22.4 Å². The van der Waals surface area contributed by atoms with Crippen LogP contribution in [0.1, 0.15) is 20.3 Å². The van der Waals surface area contributed by atoms with E-state index >= 15 is 4.39 Å². The zero-order valence-electron chi connectivity index (χ0n) is 14.9. The van der Waals surface area contributed by atoms with Gasteiger partial charge in [-0.1, -0.05) is 42.5 Å². The molecule has 3 rings (SSSR count). The topological polar surface area (TPSA) is 58.0 Å². The molecule has 0 aliphatic rings. The van der Waals surface area contributed by atoms with Crippen LogP contribution in [0.15, 0.2) is 60.9 Å². The zero-order valence-corrected chi connectivity index (χ0v) is 14.9. The van der Waals surface area contributed by atoms with Gasteiger partial charge in [0.1, 0.15) is 11.6 Å². The first-order valence-electron chi connectivity index (χ1n) is 8.55. The molecule has 2 N–H and O–H groups in total. The highest BCUT2D eigenvalue weighted by Crippen LogP contribution is 2.30. The van der Waals surface area contributed by atoms with Crippen molar-refractivity contribution < 1.29 is 9.50 Å². The second-order valence-corrected chi connectivity index (χ2v) is 6.80. The molecule has 3 aromatic rings. The summed E-state index contributed by atoms with van der Waals surface area (Å²) in [5.74, 6) is 0.279. The lowest BCUT2D eigenvalue weighted by atomic mass is 10.0. The van der Waals surface area contributed by atoms with Crippen molar-refractivity contribution in [2.24, 2.45) is 0 Å². The Bertz CT molecular complexity index is 864. The number of nitrogens with one attached hydrogen (secondary N) is 1. The zero-order chi connectivity index (χ0) is 18.6. The summed E-state index contributed by atoms with van der Waals surface area (Å²) in [6, 6.07) is 14.7. The molecule has 0 bridgehead atoms. The Balaban J connectivity index is 1.88. The molecule has 0 unspecified atom stereocenters. The summed E-state index contributed by atoms with van der Waals surface area (Å²) < 4.78 is 15.0. The number of aliphatic hydroxyl groups is 1. The molecule has 0 radical (unpaired) electrons. The molecule has 0 fully saturated rings. The normalized spacial score (nSPS) is 11.4. The quantitative estimate of drug-likeness (QED) is 0.685. The minimum atomic E-state index is -0.311. The van der Waals surface area contributed by atoms with E-state index in [2.05, 4.69) is 15.3 Å². The monoisotopic (exact) mass is 351 g/mol. The second-order valence-electron chi connectivity index (χ2n) is 6.80. The average molecular weight is 351 g/mol. The highest BCUT2D eigenvalue weighted by Gasteiger charge is 2.18. The fraction of sp³-hybridized carbons (Fsp3) is 0.238. The number of rotatable bonds is 6. The van der Waals surface area contributed by atoms with E-state index in [0.29, 0.717) is 29.1 Å². The van der Waals surface area contributed by atoms with E-state index < -0.39 is 0 Å². The van der Waals surface area contributed by atoms with Gasteiger partial charge in [-0.15, -0.1) is 0 Å². The molecule has 0 aliphatic heterocycles. The summed E-state index contributed by atoms with van der Waals surface area (Å²) in [6.07, 6.45) is 3.73. The number of hydrogen-bond donors (Lipinski definition) is 2. The third-order valence-corrected chi connectivity index (χ3v) is 4.21. The fourth-order valence-corrected chi connectivity index (χ4v) is 2.79. The Hall–Kier alpha value is -2.79. The van der Waals surface area contributed by atoms with Crippen LogP contribution in [0.4, 0.5) is 10.2 Å². The van der Waals surface area contributed by atoms with Crippen LogP contribution < -0.4 is 5.32 Å². The molecule has 4 nitrogen and oxygen atoms in total. The van der Waals surface area contributed by atoms with Crippen molar-refractivity contribution in [1.82, 2.24) is 9.97 Å². The molecular weight excluding hydrogens is 329 g/mol. The average Bonchev–Trinajstić information content (AvgIpc) is 2.63. The minimum absolute atomic E-state index is 0.0863. The van der Waals surface area contributed by atoms with Crippen molar-refractivity contribution in [2.75, 3.05) is 11.9 Å². The van der Waals surface area contributed by atoms with Crippen LogP contribution in [0.5, 0.6) is 0 Å². The Labute approximate surface area is 152 Å². The summed E-state index contributed by atoms with van der Waals surface area (Å²) in [5.41, 5.74) is 1.95. The number of halogens is 1. The lowest BCUT2D eigenvalue weighted by Crippen LogP contribution is -2.32. The lowest BCUT2D eigenvalue weighted by Gasteiger charge is -2.25. The van der Waals surface area contributed by atoms with Gasteiger partial charge < -0.3 is 10.4 Å². The maximum Gasteiger partial charge on any atom is 0.144 e. The summed E-state index contributed by atoms with van der Waals surface area (Å²) in [7, 11) is 0. The largest absolute Gasteiger partial charge is 0.396 e. The second kappa shape index (κ2) is 7.62. The fourth-order valence-electron chi connectivity index (χ4n) is 2.79. The van der Waals surface area contributed by atoms with Crippen molar-refractivity contribution >= 4 is 5.82 Å². The van der Waals surface area contributed by atoms with Gasteiger partial charge in [-0.2, -0.15) is 0 Å². The first-order valence-corrected chi connectivity index (χ1v) is 8.55. The first-order chi connectivity index (χ1) is 12.5. The summed E-state index contributed by atoms with van der Waals surface area (Å²) in [4.78, 5) is 8.71. The summed E-state index contributed by atoms with van der Waals surface area (Å²) >= 11 is 0. The van der Waals surface area contributed by atoms with Gasteiger partial charge in [-0.05, 0) is 31.9 Å². The molecule has 134 valence electrons. The van der Waals surface area contributed by atoms with Crippen LogP contribution in [0.3, 0.4) is 0 Å². The number of aromatic nitrogens is 2. The van der Waals surface area contributed by atoms with E-state index in [0.717, 1.165) is 5.56 Å². The van der Waals surface area contributed by atoms with Gasteiger partial charge >= 0.3 is 0 Å². The number of aliphatic hydroxyl groups excluding tert-OH is 1. The van der Waals surface area contributed by atoms with Crippen molar-refractivity contribution in [2.45, 2.75) is 25.8 Å². The van der Waals surface area contributed by atoms with Crippen molar-refractivity contribution in [3.63, 3.8) is 0 Å². The van der Waals surface area contributed by atoms with Gasteiger partial charge in [-0.25, -0.2) is 9.37 Å². The first kappa shape index (κ1) is 18.0. The Morgan fingerprint density at radius 2 is 1.69 bits per heavy atom. The summed E-state index contributed by atoms with van der Waals surface area (Å²) in [6.45, 7) is 4.03. The molecule has 0 aliphatic carbocycles. The number of benzene rings is 2. The minimum Gasteiger partial charge on any atom is -0.396 e. The maximum atomic E-state index is 15.0. The van der Waals surface area contributed by atoms with E-state index in [1.807, 2.05) is 50.2 Å². The van der Waals surface area contributed by atoms with E-state index in [1.54, 1.807) is 24.5 Å². The van der Waals surface area contributed by atoms with Crippen molar-refractivity contribution in [3.8, 4) is 22.4 Å². The standard InChI is InChI=1S/C21H22FN3O/c1-21(2,11-12-26)25-19-14-23-18(13-24-19)17-10-6-9-16(20(17)22)15-7-4-3-5-8-15/h3-10,13-14,26H,11-12H2,1-2H3,(H,24,25). The SMILES string of the molecule is CC(C)(CCO)Nc1cnc(-c2cccc(-c3ccccc3)c2F)cn1. The van der Waals surface area contributed by atoms with Crippen LogP contribution >= 0.6 is 0 Å². The molecular formula is C21H22FN3O. The molecule has 0 saturated heterocycles. The third-order valence-electron chi connectivity index (χ3n) is 4.21. The van der Waals surface area contributed by atoms with E-state index in [1.165, 1.54) is 0 Å². The molecule has 1 aromatic heterocycles. The van der Waals surface area contributed by atoms with Crippen LogP contribution in [-0.4, -0.2) is 27.2 Å². The van der Waals surface area contributed by atoms with Crippen LogP contribution in [0.2, 0.25) is 0 Å². The highest BCUT2D eigenvalue weighted by atomic mass is 19.1. The Morgan fingerprint density at radius 3 is 2.35 bits per heavy atom. The van der Waals surface area contributed by atoms with Gasteiger partial charge in [-0.3, -0.25) is 4.98 Å². The predicted molar refractivity (Wildman–Crippen MR) is 102 cm³/mol. The van der Waals surface area contributed by atoms with E-state index in [4.69, 9.17) is 5.11 Å². The highest BCUT2D eigenvalue weighted by molar-refractivity contribution is 5.72. The molecule has 2 aromatic carbocycles. The number of nitrogens with zero attached hydrogens (tertiary/aromatic N) is 2. The lowest BCUT2D eigenvalue weighted by molar-refractivity contribution is 0.260. The Kier molecular flexibility index (Phi) is 5.28. The summed E-state index contributed by atoms with van der Waals surface area (Å²) in [5, 5.41) is 12.3. The molecule has 0 spiro atoms.